The molecule has 0 bridgehead atoms. The van der Waals surface area contributed by atoms with Crippen LogP contribution in [0.1, 0.15) is 30.5 Å². The monoisotopic (exact) mass is 312 g/mol. The SMILES string of the molecule is Cc1cc(C)c(NC(=O)Nc2ccc(OC(C)C)cc2)c(C)c1. The number of aryl methyl sites for hydroxylation is 3. The van der Waals surface area contributed by atoms with Gasteiger partial charge in [-0.25, -0.2) is 4.79 Å². The quantitative estimate of drug-likeness (QED) is 0.830. The minimum absolute atomic E-state index is 0.129. The van der Waals surface area contributed by atoms with E-state index in [0.29, 0.717) is 0 Å². The third-order valence-corrected chi connectivity index (χ3v) is 3.40. The van der Waals surface area contributed by atoms with Crippen LogP contribution < -0.4 is 15.4 Å². The van der Waals surface area contributed by atoms with Crippen molar-refractivity contribution in [3.8, 4) is 5.75 Å². The van der Waals surface area contributed by atoms with Crippen LogP contribution in [0.25, 0.3) is 0 Å². The first-order valence-electron chi connectivity index (χ1n) is 7.77. The molecule has 2 aromatic carbocycles. The number of hydrogen-bond donors (Lipinski definition) is 2. The Bertz CT molecular complexity index is 668. The number of anilines is 2. The number of benzene rings is 2. The summed E-state index contributed by atoms with van der Waals surface area (Å²) in [6, 6.07) is 11.2. The Morgan fingerprint density at radius 2 is 1.52 bits per heavy atom. The van der Waals surface area contributed by atoms with Crippen molar-refractivity contribution in [3.63, 3.8) is 0 Å². The average molecular weight is 312 g/mol. The van der Waals surface area contributed by atoms with Gasteiger partial charge in [-0.05, 0) is 70.0 Å². The lowest BCUT2D eigenvalue weighted by Crippen LogP contribution is -2.20. The van der Waals surface area contributed by atoms with Crippen molar-refractivity contribution in [1.29, 1.82) is 0 Å². The largest absolute Gasteiger partial charge is 0.491 e. The van der Waals surface area contributed by atoms with Crippen LogP contribution >= 0.6 is 0 Å². The van der Waals surface area contributed by atoms with Crippen LogP contribution in [0.5, 0.6) is 5.75 Å². The van der Waals surface area contributed by atoms with Gasteiger partial charge in [-0.3, -0.25) is 0 Å². The lowest BCUT2D eigenvalue weighted by molar-refractivity contribution is 0.242. The van der Waals surface area contributed by atoms with Crippen molar-refractivity contribution in [2.45, 2.75) is 40.7 Å². The zero-order chi connectivity index (χ0) is 17.0. The molecular formula is C19H24N2O2. The first-order valence-corrected chi connectivity index (χ1v) is 7.77. The maximum Gasteiger partial charge on any atom is 0.323 e. The number of urea groups is 1. The van der Waals surface area contributed by atoms with Gasteiger partial charge in [-0.2, -0.15) is 0 Å². The van der Waals surface area contributed by atoms with Gasteiger partial charge in [-0.1, -0.05) is 17.7 Å². The standard InChI is InChI=1S/C19H24N2O2/c1-12(2)23-17-8-6-16(7-9-17)20-19(22)21-18-14(4)10-13(3)11-15(18)5/h6-12H,1-5H3,(H2,20,21,22). The van der Waals surface area contributed by atoms with E-state index >= 15 is 0 Å². The molecule has 0 fully saturated rings. The summed E-state index contributed by atoms with van der Waals surface area (Å²) in [7, 11) is 0. The summed E-state index contributed by atoms with van der Waals surface area (Å²) >= 11 is 0. The van der Waals surface area contributed by atoms with Crippen LogP contribution in [-0.2, 0) is 0 Å². The predicted molar refractivity (Wildman–Crippen MR) is 95.5 cm³/mol. The Labute approximate surface area is 137 Å². The molecule has 2 amide bonds. The number of carbonyl (C=O) groups excluding carboxylic acids is 1. The molecule has 2 rings (SSSR count). The highest BCUT2D eigenvalue weighted by Crippen LogP contribution is 2.22. The summed E-state index contributed by atoms with van der Waals surface area (Å²) in [5, 5.41) is 5.75. The van der Waals surface area contributed by atoms with Crippen molar-refractivity contribution >= 4 is 17.4 Å². The van der Waals surface area contributed by atoms with Crippen LogP contribution in [0.4, 0.5) is 16.2 Å². The lowest BCUT2D eigenvalue weighted by Gasteiger charge is -2.14. The van der Waals surface area contributed by atoms with E-state index in [-0.39, 0.29) is 12.1 Å². The molecule has 122 valence electrons. The first-order chi connectivity index (χ1) is 10.8. The number of carbonyl (C=O) groups is 1. The van der Waals surface area contributed by atoms with Crippen LogP contribution in [-0.4, -0.2) is 12.1 Å². The van der Waals surface area contributed by atoms with Gasteiger partial charge in [0, 0.05) is 11.4 Å². The molecule has 0 aromatic heterocycles. The molecule has 0 spiro atoms. The number of amides is 2. The van der Waals surface area contributed by atoms with Crippen LogP contribution in [0.2, 0.25) is 0 Å². The van der Waals surface area contributed by atoms with Crippen molar-refractivity contribution in [1.82, 2.24) is 0 Å². The molecule has 2 N–H and O–H groups in total. The minimum atomic E-state index is -0.252. The van der Waals surface area contributed by atoms with Gasteiger partial charge >= 0.3 is 6.03 Å². The Morgan fingerprint density at radius 1 is 0.957 bits per heavy atom. The smallest absolute Gasteiger partial charge is 0.323 e. The summed E-state index contributed by atoms with van der Waals surface area (Å²) in [6.45, 7) is 9.99. The lowest BCUT2D eigenvalue weighted by atomic mass is 10.1. The van der Waals surface area contributed by atoms with E-state index in [1.165, 1.54) is 5.56 Å². The molecule has 0 heterocycles. The molecule has 0 aliphatic heterocycles. The molecule has 0 atom stereocenters. The van der Waals surface area contributed by atoms with E-state index in [1.807, 2.05) is 58.9 Å². The van der Waals surface area contributed by atoms with E-state index < -0.39 is 0 Å². The Morgan fingerprint density at radius 3 is 2.04 bits per heavy atom. The highest BCUT2D eigenvalue weighted by Gasteiger charge is 2.08. The van der Waals surface area contributed by atoms with E-state index in [0.717, 1.165) is 28.3 Å². The minimum Gasteiger partial charge on any atom is -0.491 e. The highest BCUT2D eigenvalue weighted by atomic mass is 16.5. The van der Waals surface area contributed by atoms with E-state index in [2.05, 4.69) is 22.8 Å². The van der Waals surface area contributed by atoms with Gasteiger partial charge in [0.25, 0.3) is 0 Å². The summed E-state index contributed by atoms with van der Waals surface area (Å²) in [5.74, 6) is 0.788. The van der Waals surface area contributed by atoms with Crippen LogP contribution in [0.3, 0.4) is 0 Å². The van der Waals surface area contributed by atoms with Crippen LogP contribution in [0, 0.1) is 20.8 Å². The molecule has 0 saturated heterocycles. The Balaban J connectivity index is 2.02. The molecule has 0 aliphatic rings. The molecule has 2 aromatic rings. The fourth-order valence-corrected chi connectivity index (χ4v) is 2.54. The fourth-order valence-electron chi connectivity index (χ4n) is 2.54. The average Bonchev–Trinajstić information content (AvgIpc) is 2.44. The van der Waals surface area contributed by atoms with E-state index in [1.54, 1.807) is 0 Å². The van der Waals surface area contributed by atoms with Gasteiger partial charge in [-0.15, -0.1) is 0 Å². The molecule has 0 saturated carbocycles. The van der Waals surface area contributed by atoms with Crippen molar-refractivity contribution < 1.29 is 9.53 Å². The van der Waals surface area contributed by atoms with Crippen molar-refractivity contribution in [3.05, 3.63) is 53.1 Å². The second-order valence-corrected chi connectivity index (χ2v) is 6.04. The van der Waals surface area contributed by atoms with Gasteiger partial charge in [0.1, 0.15) is 5.75 Å². The third kappa shape index (κ3) is 4.74. The first kappa shape index (κ1) is 16.9. The predicted octanol–water partition coefficient (Wildman–Crippen LogP) is 5.04. The van der Waals surface area contributed by atoms with Crippen molar-refractivity contribution in [2.24, 2.45) is 0 Å². The second-order valence-electron chi connectivity index (χ2n) is 6.04. The molecule has 0 radical (unpaired) electrons. The maximum atomic E-state index is 12.2. The number of hydrogen-bond acceptors (Lipinski definition) is 2. The number of rotatable bonds is 4. The van der Waals surface area contributed by atoms with E-state index in [4.69, 9.17) is 4.74 Å². The molecule has 4 heteroatoms. The highest BCUT2D eigenvalue weighted by molar-refractivity contribution is 6.00. The summed E-state index contributed by atoms with van der Waals surface area (Å²) in [6.07, 6.45) is 0.129. The molecular weight excluding hydrogens is 288 g/mol. The Hall–Kier alpha value is -2.49. The van der Waals surface area contributed by atoms with Crippen molar-refractivity contribution in [2.75, 3.05) is 10.6 Å². The van der Waals surface area contributed by atoms with Gasteiger partial charge in [0.05, 0.1) is 6.10 Å². The molecule has 0 aliphatic carbocycles. The molecule has 23 heavy (non-hydrogen) atoms. The second kappa shape index (κ2) is 7.18. The number of nitrogens with one attached hydrogen (secondary N) is 2. The summed E-state index contributed by atoms with van der Waals surface area (Å²) in [4.78, 5) is 12.2. The van der Waals surface area contributed by atoms with Gasteiger partial charge in [0.15, 0.2) is 0 Å². The topological polar surface area (TPSA) is 50.4 Å². The Kier molecular flexibility index (Phi) is 5.27. The summed E-state index contributed by atoms with van der Waals surface area (Å²) in [5.41, 5.74) is 4.87. The summed E-state index contributed by atoms with van der Waals surface area (Å²) < 4.78 is 5.58. The van der Waals surface area contributed by atoms with Gasteiger partial charge < -0.3 is 15.4 Å². The van der Waals surface area contributed by atoms with Crippen LogP contribution in [0.15, 0.2) is 36.4 Å². The zero-order valence-corrected chi connectivity index (χ0v) is 14.4. The normalized spacial score (nSPS) is 10.5. The van der Waals surface area contributed by atoms with Gasteiger partial charge in [0.2, 0.25) is 0 Å². The molecule has 0 unspecified atom stereocenters. The van der Waals surface area contributed by atoms with E-state index in [9.17, 15) is 4.79 Å². The third-order valence-electron chi connectivity index (χ3n) is 3.40. The zero-order valence-electron chi connectivity index (χ0n) is 14.4. The fraction of sp³-hybridized carbons (Fsp3) is 0.316. The molecule has 4 nitrogen and oxygen atoms in total. The maximum absolute atomic E-state index is 12.2. The number of ether oxygens (including phenoxy) is 1.